The van der Waals surface area contributed by atoms with E-state index in [9.17, 15) is 14.7 Å². The highest BCUT2D eigenvalue weighted by Crippen LogP contribution is 2.34. The second-order valence-corrected chi connectivity index (χ2v) is 6.78. The molecule has 0 radical (unpaired) electrons. The predicted molar refractivity (Wildman–Crippen MR) is 91.1 cm³/mol. The molecular formula is C18H21N3O4. The Balaban J connectivity index is 1.56. The predicted octanol–water partition coefficient (Wildman–Crippen LogP) is 0.395. The van der Waals surface area contributed by atoms with Crippen LogP contribution in [0.1, 0.15) is 12.8 Å². The molecule has 7 heteroatoms. The molecule has 132 valence electrons. The molecule has 2 heterocycles. The molecule has 25 heavy (non-hydrogen) atoms. The third-order valence-electron chi connectivity index (χ3n) is 5.25. The van der Waals surface area contributed by atoms with Crippen molar-refractivity contribution >= 4 is 16.8 Å². The molecule has 1 amide bonds. The van der Waals surface area contributed by atoms with Crippen molar-refractivity contribution in [1.82, 2.24) is 14.5 Å². The van der Waals surface area contributed by atoms with Crippen LogP contribution >= 0.6 is 0 Å². The van der Waals surface area contributed by atoms with E-state index >= 15 is 0 Å². The molecule has 7 nitrogen and oxygen atoms in total. The van der Waals surface area contributed by atoms with Crippen LogP contribution < -0.4 is 5.56 Å². The molecule has 4 rings (SSSR count). The minimum absolute atomic E-state index is 0.0116. The average Bonchev–Trinajstić information content (AvgIpc) is 3.07. The number of benzene rings is 1. The first-order valence-corrected chi connectivity index (χ1v) is 8.63. The fourth-order valence-electron chi connectivity index (χ4n) is 3.96. The van der Waals surface area contributed by atoms with Crippen LogP contribution in [0, 0.1) is 5.92 Å². The Kier molecular flexibility index (Phi) is 4.27. The normalized spacial score (nSPS) is 26.0. The lowest BCUT2D eigenvalue weighted by atomic mass is 10.1. The van der Waals surface area contributed by atoms with E-state index in [0.717, 1.165) is 12.8 Å². The molecule has 1 aliphatic heterocycles. The standard InChI is InChI=1S/C18H21N3O4/c22-10-12-7-15-16(8-12)25-6-5-21(15)17(23)9-20-11-19-14-4-2-1-3-13(14)18(20)24/h1-4,11-12,15-16,22H,5-10H2/t12-,15+,16+/m1/s1. The number of aliphatic hydroxyl groups excluding tert-OH is 1. The Morgan fingerprint density at radius 1 is 1.32 bits per heavy atom. The first-order chi connectivity index (χ1) is 12.2. The third kappa shape index (κ3) is 2.94. The zero-order chi connectivity index (χ0) is 17.4. The molecule has 0 bridgehead atoms. The summed E-state index contributed by atoms with van der Waals surface area (Å²) in [6.07, 6.45) is 2.95. The summed E-state index contributed by atoms with van der Waals surface area (Å²) in [6, 6.07) is 7.11. The number of carbonyl (C=O) groups is 1. The number of aliphatic hydroxyl groups is 1. The van der Waals surface area contributed by atoms with Crippen molar-refractivity contribution in [2.45, 2.75) is 31.5 Å². The number of carbonyl (C=O) groups excluding carboxylic acids is 1. The summed E-state index contributed by atoms with van der Waals surface area (Å²) in [5.41, 5.74) is 0.424. The number of morpholine rings is 1. The zero-order valence-electron chi connectivity index (χ0n) is 13.9. The monoisotopic (exact) mass is 343 g/mol. The third-order valence-corrected chi connectivity index (χ3v) is 5.25. The molecule has 2 fully saturated rings. The maximum atomic E-state index is 12.8. The number of para-hydroxylation sites is 1. The van der Waals surface area contributed by atoms with Gasteiger partial charge < -0.3 is 14.7 Å². The quantitative estimate of drug-likeness (QED) is 0.872. The Hall–Kier alpha value is -2.25. The first kappa shape index (κ1) is 16.2. The van der Waals surface area contributed by atoms with Crippen molar-refractivity contribution in [2.24, 2.45) is 5.92 Å². The minimum Gasteiger partial charge on any atom is -0.396 e. The van der Waals surface area contributed by atoms with Crippen LogP contribution in [0.15, 0.2) is 35.4 Å². The number of ether oxygens (including phenoxy) is 1. The fourth-order valence-corrected chi connectivity index (χ4v) is 3.96. The topological polar surface area (TPSA) is 84.7 Å². The molecule has 2 aliphatic rings. The van der Waals surface area contributed by atoms with Gasteiger partial charge in [0.1, 0.15) is 6.54 Å². The maximum Gasteiger partial charge on any atom is 0.261 e. The van der Waals surface area contributed by atoms with E-state index in [4.69, 9.17) is 4.74 Å². The number of hydrogen-bond donors (Lipinski definition) is 1. The fraction of sp³-hybridized carbons (Fsp3) is 0.500. The molecule has 1 aromatic heterocycles. The highest BCUT2D eigenvalue weighted by atomic mass is 16.5. The van der Waals surface area contributed by atoms with Gasteiger partial charge in [-0.25, -0.2) is 4.98 Å². The molecule has 1 saturated carbocycles. The molecule has 1 saturated heterocycles. The molecule has 0 spiro atoms. The largest absolute Gasteiger partial charge is 0.396 e. The van der Waals surface area contributed by atoms with Gasteiger partial charge in [-0.15, -0.1) is 0 Å². The van der Waals surface area contributed by atoms with Crippen molar-refractivity contribution in [3.8, 4) is 0 Å². The Labute approximate surface area is 144 Å². The first-order valence-electron chi connectivity index (χ1n) is 8.63. The van der Waals surface area contributed by atoms with Crippen LogP contribution in [0.3, 0.4) is 0 Å². The van der Waals surface area contributed by atoms with Crippen molar-refractivity contribution in [1.29, 1.82) is 0 Å². The van der Waals surface area contributed by atoms with E-state index in [0.29, 0.717) is 24.1 Å². The lowest BCUT2D eigenvalue weighted by Gasteiger charge is -2.37. The van der Waals surface area contributed by atoms with Gasteiger partial charge in [-0.1, -0.05) is 12.1 Å². The second kappa shape index (κ2) is 6.57. The molecule has 3 atom stereocenters. The number of nitrogens with zero attached hydrogens (tertiary/aromatic N) is 3. The maximum absolute atomic E-state index is 12.8. The van der Waals surface area contributed by atoms with Crippen molar-refractivity contribution in [3.63, 3.8) is 0 Å². The minimum atomic E-state index is -0.205. The molecule has 1 aromatic carbocycles. The SMILES string of the molecule is O=C(Cn1cnc2ccccc2c1=O)N1CCO[C@H]2C[C@H](CO)C[C@@H]21. The number of hydrogen-bond acceptors (Lipinski definition) is 5. The van der Waals surface area contributed by atoms with Crippen molar-refractivity contribution in [2.75, 3.05) is 19.8 Å². The van der Waals surface area contributed by atoms with Gasteiger partial charge in [-0.05, 0) is 30.9 Å². The highest BCUT2D eigenvalue weighted by Gasteiger charge is 2.42. The summed E-state index contributed by atoms with van der Waals surface area (Å²) in [5.74, 6) is 0.0736. The Morgan fingerprint density at radius 2 is 2.16 bits per heavy atom. The number of amides is 1. The summed E-state index contributed by atoms with van der Waals surface area (Å²) >= 11 is 0. The molecule has 1 aliphatic carbocycles. The van der Waals surface area contributed by atoms with Gasteiger partial charge in [0.25, 0.3) is 5.56 Å². The Bertz CT molecular complexity index is 850. The lowest BCUT2D eigenvalue weighted by Crippen LogP contribution is -2.52. The zero-order valence-corrected chi connectivity index (χ0v) is 13.9. The van der Waals surface area contributed by atoms with Crippen molar-refractivity contribution in [3.05, 3.63) is 40.9 Å². The van der Waals surface area contributed by atoms with Gasteiger partial charge in [0.05, 0.1) is 36.0 Å². The van der Waals surface area contributed by atoms with Crippen LogP contribution in [0.5, 0.6) is 0 Å². The van der Waals surface area contributed by atoms with E-state index in [1.807, 2.05) is 11.0 Å². The van der Waals surface area contributed by atoms with Gasteiger partial charge >= 0.3 is 0 Å². The van der Waals surface area contributed by atoms with Crippen LogP contribution in [0.2, 0.25) is 0 Å². The summed E-state index contributed by atoms with van der Waals surface area (Å²) in [6.45, 7) is 1.11. The second-order valence-electron chi connectivity index (χ2n) is 6.78. The van der Waals surface area contributed by atoms with E-state index in [2.05, 4.69) is 4.98 Å². The average molecular weight is 343 g/mol. The van der Waals surface area contributed by atoms with E-state index in [1.54, 1.807) is 18.2 Å². The van der Waals surface area contributed by atoms with E-state index < -0.39 is 0 Å². The van der Waals surface area contributed by atoms with Crippen LogP contribution in [-0.2, 0) is 16.1 Å². The number of rotatable bonds is 3. The molecule has 1 N–H and O–H groups in total. The van der Waals surface area contributed by atoms with Crippen LogP contribution in [-0.4, -0.2) is 57.4 Å². The number of aromatic nitrogens is 2. The van der Waals surface area contributed by atoms with Crippen LogP contribution in [0.25, 0.3) is 10.9 Å². The van der Waals surface area contributed by atoms with Gasteiger partial charge in [0.2, 0.25) is 5.91 Å². The molecule has 2 aromatic rings. The lowest BCUT2D eigenvalue weighted by molar-refractivity contribution is -0.144. The van der Waals surface area contributed by atoms with Gasteiger partial charge in [-0.2, -0.15) is 0 Å². The van der Waals surface area contributed by atoms with Gasteiger partial charge in [-0.3, -0.25) is 14.2 Å². The molecular weight excluding hydrogens is 322 g/mol. The van der Waals surface area contributed by atoms with E-state index in [-0.39, 0.29) is 42.7 Å². The Morgan fingerprint density at radius 3 is 3.00 bits per heavy atom. The highest BCUT2D eigenvalue weighted by molar-refractivity contribution is 5.79. The van der Waals surface area contributed by atoms with Crippen molar-refractivity contribution < 1.29 is 14.6 Å². The number of fused-ring (bicyclic) bond motifs is 2. The van der Waals surface area contributed by atoms with Gasteiger partial charge in [0.15, 0.2) is 0 Å². The van der Waals surface area contributed by atoms with E-state index in [1.165, 1.54) is 10.9 Å². The van der Waals surface area contributed by atoms with Gasteiger partial charge in [0, 0.05) is 13.2 Å². The summed E-state index contributed by atoms with van der Waals surface area (Å²) < 4.78 is 7.13. The smallest absolute Gasteiger partial charge is 0.261 e. The summed E-state index contributed by atoms with van der Waals surface area (Å²) in [4.78, 5) is 31.5. The molecule has 0 unspecified atom stereocenters. The van der Waals surface area contributed by atoms with Crippen LogP contribution in [0.4, 0.5) is 0 Å². The summed E-state index contributed by atoms with van der Waals surface area (Å²) in [7, 11) is 0. The summed E-state index contributed by atoms with van der Waals surface area (Å²) in [5, 5.41) is 9.91.